The van der Waals surface area contributed by atoms with Crippen molar-refractivity contribution in [3.63, 3.8) is 0 Å². The molecule has 2 aromatic rings. The van der Waals surface area contributed by atoms with Crippen molar-refractivity contribution in [2.45, 2.75) is 31.9 Å². The third kappa shape index (κ3) is 6.95. The van der Waals surface area contributed by atoms with E-state index in [1.165, 1.54) is 18.4 Å². The first-order valence-corrected chi connectivity index (χ1v) is 11.3. The van der Waals surface area contributed by atoms with Crippen LogP contribution in [0.3, 0.4) is 0 Å². The van der Waals surface area contributed by atoms with E-state index < -0.39 is 6.10 Å². The minimum absolute atomic E-state index is 0.135. The van der Waals surface area contributed by atoms with Crippen molar-refractivity contribution in [3.8, 4) is 11.5 Å². The van der Waals surface area contributed by atoms with Gasteiger partial charge in [0, 0.05) is 19.1 Å². The fourth-order valence-corrected chi connectivity index (χ4v) is 3.90. The standard InChI is InChI=1S/C25H34N2O5/c1-3-31-25(29)20-7-6-8-23(15-20)32-18-21(28)16-26-17-24(27-13-4-5-14-27)19-9-11-22(30-2)12-10-19/h6-12,15,21,24,26,28H,3-5,13-14,16-18H2,1-2H3/t21-,24+/m1/s1. The zero-order valence-corrected chi connectivity index (χ0v) is 19.0. The number of carbonyl (C=O) groups is 1. The van der Waals surface area contributed by atoms with Crippen molar-refractivity contribution < 1.29 is 24.1 Å². The van der Waals surface area contributed by atoms with Crippen LogP contribution in [-0.4, -0.2) is 68.6 Å². The average Bonchev–Trinajstić information content (AvgIpc) is 3.35. The molecule has 0 aromatic heterocycles. The number of rotatable bonds is 12. The van der Waals surface area contributed by atoms with Gasteiger partial charge in [-0.3, -0.25) is 4.90 Å². The van der Waals surface area contributed by atoms with E-state index in [1.807, 2.05) is 12.1 Å². The fraction of sp³-hybridized carbons (Fsp3) is 0.480. The van der Waals surface area contributed by atoms with Crippen LogP contribution < -0.4 is 14.8 Å². The van der Waals surface area contributed by atoms with Gasteiger partial charge in [-0.1, -0.05) is 18.2 Å². The Balaban J connectivity index is 1.49. The highest BCUT2D eigenvalue weighted by atomic mass is 16.5. The Hall–Kier alpha value is -2.61. The molecule has 2 aromatic carbocycles. The van der Waals surface area contributed by atoms with Gasteiger partial charge in [0.25, 0.3) is 0 Å². The van der Waals surface area contributed by atoms with Gasteiger partial charge < -0.3 is 24.6 Å². The number of carbonyl (C=O) groups excluding carboxylic acids is 1. The topological polar surface area (TPSA) is 80.3 Å². The molecule has 1 aliphatic rings. The van der Waals surface area contributed by atoms with Crippen molar-refractivity contribution in [2.24, 2.45) is 0 Å². The highest BCUT2D eigenvalue weighted by Crippen LogP contribution is 2.26. The second-order valence-corrected chi connectivity index (χ2v) is 7.90. The van der Waals surface area contributed by atoms with Crippen LogP contribution in [0, 0.1) is 0 Å². The highest BCUT2D eigenvalue weighted by Gasteiger charge is 2.23. The molecule has 1 fully saturated rings. The summed E-state index contributed by atoms with van der Waals surface area (Å²) >= 11 is 0. The number of nitrogens with zero attached hydrogens (tertiary/aromatic N) is 1. The second-order valence-electron chi connectivity index (χ2n) is 7.90. The lowest BCUT2D eigenvalue weighted by atomic mass is 10.1. The Kier molecular flexibility index (Phi) is 9.34. The Morgan fingerprint density at radius 3 is 2.53 bits per heavy atom. The molecule has 32 heavy (non-hydrogen) atoms. The van der Waals surface area contributed by atoms with Gasteiger partial charge in [0.1, 0.15) is 24.2 Å². The maximum absolute atomic E-state index is 11.9. The van der Waals surface area contributed by atoms with Gasteiger partial charge in [-0.25, -0.2) is 4.79 Å². The number of likely N-dealkylation sites (tertiary alicyclic amines) is 1. The highest BCUT2D eigenvalue weighted by molar-refractivity contribution is 5.89. The van der Waals surface area contributed by atoms with Gasteiger partial charge in [0.2, 0.25) is 0 Å². The lowest BCUT2D eigenvalue weighted by Crippen LogP contribution is -2.38. The number of hydrogen-bond acceptors (Lipinski definition) is 7. The van der Waals surface area contributed by atoms with Crippen molar-refractivity contribution in [3.05, 3.63) is 59.7 Å². The molecule has 0 bridgehead atoms. The minimum atomic E-state index is -0.670. The molecule has 1 heterocycles. The number of nitrogens with one attached hydrogen (secondary N) is 1. The predicted molar refractivity (Wildman–Crippen MR) is 123 cm³/mol. The Bertz CT molecular complexity index is 836. The molecule has 2 atom stereocenters. The maximum atomic E-state index is 11.9. The lowest BCUT2D eigenvalue weighted by molar-refractivity contribution is 0.0525. The first kappa shape index (κ1) is 24.0. The third-order valence-electron chi connectivity index (χ3n) is 5.59. The zero-order chi connectivity index (χ0) is 22.8. The molecule has 174 valence electrons. The van der Waals surface area contributed by atoms with Crippen LogP contribution in [0.1, 0.15) is 41.7 Å². The van der Waals surface area contributed by atoms with E-state index in [2.05, 4.69) is 22.3 Å². The number of ether oxygens (including phenoxy) is 3. The number of benzene rings is 2. The third-order valence-corrected chi connectivity index (χ3v) is 5.59. The minimum Gasteiger partial charge on any atom is -0.497 e. The monoisotopic (exact) mass is 442 g/mol. The molecule has 7 heteroatoms. The number of aliphatic hydroxyl groups is 1. The van der Waals surface area contributed by atoms with Crippen LogP contribution >= 0.6 is 0 Å². The Morgan fingerprint density at radius 2 is 1.84 bits per heavy atom. The van der Waals surface area contributed by atoms with Gasteiger partial charge in [0.15, 0.2) is 0 Å². The van der Waals surface area contributed by atoms with Gasteiger partial charge in [-0.2, -0.15) is 0 Å². The van der Waals surface area contributed by atoms with Crippen LogP contribution in [0.25, 0.3) is 0 Å². The summed E-state index contributed by atoms with van der Waals surface area (Å²) in [6, 6.07) is 15.3. The van der Waals surface area contributed by atoms with Crippen LogP contribution in [-0.2, 0) is 4.74 Å². The largest absolute Gasteiger partial charge is 0.497 e. The van der Waals surface area contributed by atoms with E-state index in [1.54, 1.807) is 38.3 Å². The summed E-state index contributed by atoms with van der Waals surface area (Å²) in [5.41, 5.74) is 1.67. The molecule has 0 aliphatic carbocycles. The number of hydrogen-bond donors (Lipinski definition) is 2. The van der Waals surface area contributed by atoms with E-state index in [4.69, 9.17) is 14.2 Å². The summed E-state index contributed by atoms with van der Waals surface area (Å²) in [7, 11) is 1.67. The van der Waals surface area contributed by atoms with Crippen LogP contribution in [0.5, 0.6) is 11.5 Å². The van der Waals surface area contributed by atoms with E-state index in [-0.39, 0.29) is 18.6 Å². The second kappa shape index (κ2) is 12.4. The van der Waals surface area contributed by atoms with Gasteiger partial charge in [-0.05, 0) is 68.8 Å². The molecule has 1 aliphatic heterocycles. The number of esters is 1. The van der Waals surface area contributed by atoms with Crippen molar-refractivity contribution in [2.75, 3.05) is 46.5 Å². The Labute approximate surface area is 190 Å². The van der Waals surface area contributed by atoms with E-state index in [9.17, 15) is 9.90 Å². The number of methoxy groups -OCH3 is 1. The lowest BCUT2D eigenvalue weighted by Gasteiger charge is -2.29. The molecule has 2 N–H and O–H groups in total. The summed E-state index contributed by atoms with van der Waals surface area (Å²) in [5.74, 6) is 0.996. The molecule has 7 nitrogen and oxygen atoms in total. The summed E-state index contributed by atoms with van der Waals surface area (Å²) in [6.45, 7) is 5.55. The Morgan fingerprint density at radius 1 is 1.09 bits per heavy atom. The average molecular weight is 443 g/mol. The van der Waals surface area contributed by atoms with E-state index in [0.29, 0.717) is 24.5 Å². The molecule has 0 amide bonds. The first-order valence-electron chi connectivity index (χ1n) is 11.3. The smallest absolute Gasteiger partial charge is 0.338 e. The molecule has 1 saturated heterocycles. The van der Waals surface area contributed by atoms with Gasteiger partial charge in [0.05, 0.1) is 19.3 Å². The molecule has 0 saturated carbocycles. The molecule has 0 unspecified atom stereocenters. The quantitative estimate of drug-likeness (QED) is 0.489. The summed E-state index contributed by atoms with van der Waals surface area (Å²) in [4.78, 5) is 14.3. The normalized spacial score (nSPS) is 15.8. The van der Waals surface area contributed by atoms with E-state index >= 15 is 0 Å². The summed E-state index contributed by atoms with van der Waals surface area (Å²) < 4.78 is 16.0. The molecule has 0 radical (unpaired) electrons. The van der Waals surface area contributed by atoms with E-state index in [0.717, 1.165) is 25.4 Å². The summed E-state index contributed by atoms with van der Waals surface area (Å²) in [6.07, 6.45) is 1.76. The van der Waals surface area contributed by atoms with Gasteiger partial charge >= 0.3 is 5.97 Å². The van der Waals surface area contributed by atoms with Crippen molar-refractivity contribution >= 4 is 5.97 Å². The molecule has 3 rings (SSSR count). The van der Waals surface area contributed by atoms with Crippen molar-refractivity contribution in [1.82, 2.24) is 10.2 Å². The van der Waals surface area contributed by atoms with Crippen LogP contribution in [0.2, 0.25) is 0 Å². The molecular formula is C25H34N2O5. The molecule has 0 spiro atoms. The SMILES string of the molecule is CCOC(=O)c1cccc(OC[C@H](O)CNC[C@@H](c2ccc(OC)cc2)N2CCCC2)c1. The van der Waals surface area contributed by atoms with Gasteiger partial charge in [-0.15, -0.1) is 0 Å². The maximum Gasteiger partial charge on any atom is 0.338 e. The summed E-state index contributed by atoms with van der Waals surface area (Å²) in [5, 5.41) is 13.8. The van der Waals surface area contributed by atoms with Crippen LogP contribution in [0.4, 0.5) is 0 Å². The van der Waals surface area contributed by atoms with Crippen LogP contribution in [0.15, 0.2) is 48.5 Å². The number of aliphatic hydroxyl groups excluding tert-OH is 1. The molecular weight excluding hydrogens is 408 g/mol. The zero-order valence-electron chi connectivity index (χ0n) is 19.0. The first-order chi connectivity index (χ1) is 15.6. The predicted octanol–water partition coefficient (Wildman–Crippen LogP) is 3.04. The fourth-order valence-electron chi connectivity index (χ4n) is 3.90. The van der Waals surface area contributed by atoms with Crippen molar-refractivity contribution in [1.29, 1.82) is 0 Å².